The highest BCUT2D eigenvalue weighted by Gasteiger charge is 2.43. The van der Waals surface area contributed by atoms with Crippen LogP contribution in [0.2, 0.25) is 0 Å². The first-order valence-corrected chi connectivity index (χ1v) is 9.76. The molecule has 2 N–H and O–H groups in total. The van der Waals surface area contributed by atoms with E-state index in [2.05, 4.69) is 6.92 Å². The Hall–Kier alpha value is -0.170. The maximum Gasteiger partial charge on any atom is 0.214 e. The minimum atomic E-state index is -3.27. The van der Waals surface area contributed by atoms with Crippen molar-refractivity contribution in [1.29, 1.82) is 0 Å². The Morgan fingerprint density at radius 1 is 1.29 bits per heavy atom. The molecule has 0 aromatic carbocycles. The van der Waals surface area contributed by atoms with E-state index in [0.29, 0.717) is 26.1 Å². The standard InChI is InChI=1S/C15H32N2O3S/c1-4-14-7-9-15(13-16,10-8-14)17(5-2)21(18,19)12-6-11-20-3/h14H,4-13,16H2,1-3H3. The molecule has 21 heavy (non-hydrogen) atoms. The van der Waals surface area contributed by atoms with Crippen LogP contribution in [0.1, 0.15) is 52.4 Å². The second-order valence-corrected chi connectivity index (χ2v) is 8.12. The Labute approximate surface area is 130 Å². The van der Waals surface area contributed by atoms with E-state index in [1.165, 1.54) is 6.42 Å². The molecular weight excluding hydrogens is 288 g/mol. The van der Waals surface area contributed by atoms with E-state index in [1.807, 2.05) is 6.92 Å². The normalized spacial score (nSPS) is 27.2. The zero-order chi connectivity index (χ0) is 15.9. The number of hydrogen-bond acceptors (Lipinski definition) is 4. The first kappa shape index (κ1) is 18.9. The van der Waals surface area contributed by atoms with E-state index in [1.54, 1.807) is 11.4 Å². The molecule has 1 saturated carbocycles. The molecule has 6 heteroatoms. The molecule has 1 aliphatic carbocycles. The van der Waals surface area contributed by atoms with Gasteiger partial charge in [0.25, 0.3) is 0 Å². The summed E-state index contributed by atoms with van der Waals surface area (Å²) in [4.78, 5) is 0. The molecule has 0 radical (unpaired) electrons. The SMILES string of the molecule is CCC1CCC(CN)(N(CC)S(=O)(=O)CCCOC)CC1. The molecule has 1 aliphatic rings. The smallest absolute Gasteiger partial charge is 0.214 e. The molecule has 0 spiro atoms. The van der Waals surface area contributed by atoms with Gasteiger partial charge in [0, 0.05) is 32.3 Å². The molecule has 0 atom stereocenters. The molecule has 0 heterocycles. The third kappa shape index (κ3) is 4.65. The molecule has 0 saturated heterocycles. The molecular formula is C15H32N2O3S. The summed E-state index contributed by atoms with van der Waals surface area (Å²) >= 11 is 0. The van der Waals surface area contributed by atoms with Gasteiger partial charge in [-0.3, -0.25) is 0 Å². The summed E-state index contributed by atoms with van der Waals surface area (Å²) in [7, 11) is -1.67. The molecule has 0 unspecified atom stereocenters. The fraction of sp³-hybridized carbons (Fsp3) is 1.00. The van der Waals surface area contributed by atoms with Crippen LogP contribution in [0.15, 0.2) is 0 Å². The second-order valence-electron chi connectivity index (χ2n) is 6.11. The Morgan fingerprint density at radius 3 is 2.33 bits per heavy atom. The first-order valence-electron chi connectivity index (χ1n) is 8.15. The van der Waals surface area contributed by atoms with Crippen molar-refractivity contribution < 1.29 is 13.2 Å². The van der Waals surface area contributed by atoms with Crippen LogP contribution in [-0.4, -0.2) is 50.8 Å². The van der Waals surface area contributed by atoms with Crippen molar-refractivity contribution in [2.75, 3.05) is 32.6 Å². The maximum absolute atomic E-state index is 12.7. The van der Waals surface area contributed by atoms with Crippen LogP contribution in [0.5, 0.6) is 0 Å². The van der Waals surface area contributed by atoms with Crippen LogP contribution in [-0.2, 0) is 14.8 Å². The van der Waals surface area contributed by atoms with Gasteiger partial charge in [0.1, 0.15) is 0 Å². The van der Waals surface area contributed by atoms with Crippen molar-refractivity contribution in [1.82, 2.24) is 4.31 Å². The highest BCUT2D eigenvalue weighted by atomic mass is 32.2. The third-order valence-corrected chi connectivity index (χ3v) is 7.02. The number of nitrogens with two attached hydrogens (primary N) is 1. The number of sulfonamides is 1. The van der Waals surface area contributed by atoms with Gasteiger partial charge in [0.2, 0.25) is 10.0 Å². The molecule has 126 valence electrons. The number of hydrogen-bond donors (Lipinski definition) is 1. The minimum Gasteiger partial charge on any atom is -0.385 e. The summed E-state index contributed by atoms with van der Waals surface area (Å²) in [5.74, 6) is 0.868. The number of methoxy groups -OCH3 is 1. The average molecular weight is 320 g/mol. The van der Waals surface area contributed by atoms with Gasteiger partial charge >= 0.3 is 0 Å². The van der Waals surface area contributed by atoms with Crippen molar-refractivity contribution in [3.63, 3.8) is 0 Å². The van der Waals surface area contributed by atoms with E-state index in [9.17, 15) is 8.42 Å². The van der Waals surface area contributed by atoms with Crippen LogP contribution in [0.4, 0.5) is 0 Å². The van der Waals surface area contributed by atoms with E-state index >= 15 is 0 Å². The van der Waals surface area contributed by atoms with Crippen molar-refractivity contribution in [3.05, 3.63) is 0 Å². The van der Waals surface area contributed by atoms with E-state index in [4.69, 9.17) is 10.5 Å². The topological polar surface area (TPSA) is 72.6 Å². The van der Waals surface area contributed by atoms with Gasteiger partial charge < -0.3 is 10.5 Å². The van der Waals surface area contributed by atoms with E-state index < -0.39 is 10.0 Å². The molecule has 1 rings (SSSR count). The lowest BCUT2D eigenvalue weighted by Gasteiger charge is -2.46. The summed E-state index contributed by atoms with van der Waals surface area (Å²) in [6.07, 6.45) is 5.65. The largest absolute Gasteiger partial charge is 0.385 e. The van der Waals surface area contributed by atoms with E-state index in [-0.39, 0.29) is 11.3 Å². The summed E-state index contributed by atoms with van der Waals surface area (Å²) in [6, 6.07) is 0. The van der Waals surface area contributed by atoms with Gasteiger partial charge in [-0.1, -0.05) is 20.3 Å². The van der Waals surface area contributed by atoms with Crippen LogP contribution >= 0.6 is 0 Å². The predicted molar refractivity (Wildman–Crippen MR) is 86.7 cm³/mol. The molecule has 0 aromatic heterocycles. The quantitative estimate of drug-likeness (QED) is 0.659. The maximum atomic E-state index is 12.7. The number of nitrogens with zero attached hydrogens (tertiary/aromatic N) is 1. The molecule has 1 fully saturated rings. The molecule has 0 bridgehead atoms. The lowest BCUT2D eigenvalue weighted by molar-refractivity contribution is 0.113. The Kier molecular flexibility index (Phi) is 7.60. The Morgan fingerprint density at radius 2 is 1.90 bits per heavy atom. The van der Waals surface area contributed by atoms with Crippen LogP contribution in [0.3, 0.4) is 0 Å². The predicted octanol–water partition coefficient (Wildman–Crippen LogP) is 1.97. The van der Waals surface area contributed by atoms with Gasteiger partial charge in [-0.2, -0.15) is 4.31 Å². The van der Waals surface area contributed by atoms with Crippen LogP contribution < -0.4 is 5.73 Å². The summed E-state index contributed by atoms with van der Waals surface area (Å²) in [5.41, 5.74) is 5.65. The number of ether oxygens (including phenoxy) is 1. The van der Waals surface area contributed by atoms with Gasteiger partial charge in [0.15, 0.2) is 0 Å². The number of likely N-dealkylation sites (N-methyl/N-ethyl adjacent to an activating group) is 1. The van der Waals surface area contributed by atoms with Crippen molar-refractivity contribution >= 4 is 10.0 Å². The summed E-state index contributed by atoms with van der Waals surface area (Å²) in [5, 5.41) is 0. The molecule has 0 aromatic rings. The molecule has 0 amide bonds. The second kappa shape index (κ2) is 8.46. The van der Waals surface area contributed by atoms with Gasteiger partial charge in [-0.15, -0.1) is 0 Å². The lowest BCUT2D eigenvalue weighted by Crippen LogP contribution is -2.58. The fourth-order valence-electron chi connectivity index (χ4n) is 3.50. The molecule has 5 nitrogen and oxygen atoms in total. The summed E-state index contributed by atoms with van der Waals surface area (Å²) < 4.78 is 32.0. The Bertz CT molecular complexity index is 390. The average Bonchev–Trinajstić information content (AvgIpc) is 2.48. The van der Waals surface area contributed by atoms with Gasteiger partial charge in [-0.25, -0.2) is 8.42 Å². The minimum absolute atomic E-state index is 0.146. The van der Waals surface area contributed by atoms with Crippen LogP contribution in [0, 0.1) is 5.92 Å². The zero-order valence-electron chi connectivity index (χ0n) is 13.8. The monoisotopic (exact) mass is 320 g/mol. The lowest BCUT2D eigenvalue weighted by atomic mass is 9.75. The number of rotatable bonds is 9. The van der Waals surface area contributed by atoms with E-state index in [0.717, 1.165) is 31.6 Å². The van der Waals surface area contributed by atoms with Gasteiger partial charge in [-0.05, 0) is 38.0 Å². The highest BCUT2D eigenvalue weighted by Crippen LogP contribution is 2.38. The molecule has 0 aliphatic heterocycles. The van der Waals surface area contributed by atoms with Crippen LogP contribution in [0.25, 0.3) is 0 Å². The van der Waals surface area contributed by atoms with Crippen molar-refractivity contribution in [3.8, 4) is 0 Å². The van der Waals surface area contributed by atoms with Gasteiger partial charge in [0.05, 0.1) is 5.75 Å². The third-order valence-electron chi connectivity index (χ3n) is 4.90. The van der Waals surface area contributed by atoms with Crippen molar-refractivity contribution in [2.24, 2.45) is 11.7 Å². The van der Waals surface area contributed by atoms with Crippen molar-refractivity contribution in [2.45, 2.75) is 57.9 Å². The summed E-state index contributed by atoms with van der Waals surface area (Å²) in [6.45, 7) is 5.52. The zero-order valence-corrected chi connectivity index (χ0v) is 14.6. The highest BCUT2D eigenvalue weighted by molar-refractivity contribution is 7.89. The Balaban J connectivity index is 2.84. The fourth-order valence-corrected chi connectivity index (χ4v) is 5.45. The first-order chi connectivity index (χ1) is 9.95.